The molecular formula is C11H8FN3O4S. The molecule has 20 heavy (non-hydrogen) atoms. The molecule has 0 bridgehead atoms. The lowest BCUT2D eigenvalue weighted by Crippen LogP contribution is -2.03. The van der Waals surface area contributed by atoms with Gasteiger partial charge in [-0.1, -0.05) is 0 Å². The first kappa shape index (κ1) is 13.9. The maximum atomic E-state index is 13.6. The zero-order valence-corrected chi connectivity index (χ0v) is 10.7. The van der Waals surface area contributed by atoms with Gasteiger partial charge < -0.3 is 10.4 Å². The van der Waals surface area contributed by atoms with E-state index in [-0.39, 0.29) is 23.6 Å². The number of rotatable bonds is 5. The Kier molecular flexibility index (Phi) is 3.89. The number of nitro benzene ring substituents is 1. The van der Waals surface area contributed by atoms with Crippen LogP contribution in [0.15, 0.2) is 23.6 Å². The standard InChI is InChI=1S/C11H8FN3O4S/c12-7-3-6(15(18)19)1-2-8(7)13-4-10-14-9(5-20-10)11(16)17/h1-3,5,13H,4H2,(H,16,17). The molecule has 7 nitrogen and oxygen atoms in total. The van der Waals surface area contributed by atoms with Gasteiger partial charge in [0.1, 0.15) is 5.01 Å². The van der Waals surface area contributed by atoms with Gasteiger partial charge in [-0.2, -0.15) is 0 Å². The summed E-state index contributed by atoms with van der Waals surface area (Å²) >= 11 is 1.13. The van der Waals surface area contributed by atoms with E-state index in [0.29, 0.717) is 5.01 Å². The van der Waals surface area contributed by atoms with E-state index in [1.807, 2.05) is 0 Å². The summed E-state index contributed by atoms with van der Waals surface area (Å²) in [4.78, 5) is 24.2. The number of benzene rings is 1. The van der Waals surface area contributed by atoms with Gasteiger partial charge in [-0.05, 0) is 6.07 Å². The Balaban J connectivity index is 2.06. The molecule has 1 heterocycles. The van der Waals surface area contributed by atoms with E-state index < -0.39 is 16.7 Å². The van der Waals surface area contributed by atoms with E-state index in [1.54, 1.807) is 0 Å². The highest BCUT2D eigenvalue weighted by atomic mass is 32.1. The number of non-ortho nitro benzene ring substituents is 1. The van der Waals surface area contributed by atoms with Crippen molar-refractivity contribution < 1.29 is 19.2 Å². The molecule has 2 aromatic rings. The lowest BCUT2D eigenvalue weighted by atomic mass is 10.2. The van der Waals surface area contributed by atoms with E-state index in [4.69, 9.17) is 5.11 Å². The summed E-state index contributed by atoms with van der Waals surface area (Å²) < 4.78 is 13.6. The molecule has 0 aliphatic carbocycles. The predicted octanol–water partition coefficient (Wildman–Crippen LogP) is 2.50. The second-order valence-corrected chi connectivity index (χ2v) is 4.65. The molecule has 0 amide bonds. The monoisotopic (exact) mass is 297 g/mol. The molecule has 2 N–H and O–H groups in total. The van der Waals surface area contributed by atoms with Crippen LogP contribution in [0.3, 0.4) is 0 Å². The van der Waals surface area contributed by atoms with Gasteiger partial charge in [0.15, 0.2) is 11.5 Å². The molecule has 1 aromatic carbocycles. The molecule has 1 aromatic heterocycles. The van der Waals surface area contributed by atoms with Gasteiger partial charge in [0.2, 0.25) is 0 Å². The van der Waals surface area contributed by atoms with Crippen molar-refractivity contribution in [2.45, 2.75) is 6.54 Å². The number of anilines is 1. The average molecular weight is 297 g/mol. The maximum Gasteiger partial charge on any atom is 0.355 e. The van der Waals surface area contributed by atoms with Gasteiger partial charge in [-0.25, -0.2) is 14.2 Å². The molecule has 0 atom stereocenters. The fraction of sp³-hybridized carbons (Fsp3) is 0.0909. The minimum atomic E-state index is -1.13. The number of aromatic carboxylic acids is 1. The summed E-state index contributed by atoms with van der Waals surface area (Å²) in [5.41, 5.74) is -0.325. The van der Waals surface area contributed by atoms with Crippen molar-refractivity contribution in [3.8, 4) is 0 Å². The lowest BCUT2D eigenvalue weighted by molar-refractivity contribution is -0.385. The number of aromatic nitrogens is 1. The lowest BCUT2D eigenvalue weighted by Gasteiger charge is -2.05. The number of hydrogen-bond donors (Lipinski definition) is 2. The first-order valence-electron chi connectivity index (χ1n) is 5.33. The zero-order valence-electron chi connectivity index (χ0n) is 9.87. The normalized spacial score (nSPS) is 10.2. The van der Waals surface area contributed by atoms with E-state index in [1.165, 1.54) is 17.5 Å². The third kappa shape index (κ3) is 3.06. The Hall–Kier alpha value is -2.55. The summed E-state index contributed by atoms with van der Waals surface area (Å²) in [6.45, 7) is 0.132. The minimum Gasteiger partial charge on any atom is -0.476 e. The molecule has 0 radical (unpaired) electrons. The smallest absolute Gasteiger partial charge is 0.355 e. The number of carbonyl (C=O) groups is 1. The molecule has 9 heteroatoms. The van der Waals surface area contributed by atoms with Crippen LogP contribution in [0.5, 0.6) is 0 Å². The molecule has 0 aliphatic rings. The average Bonchev–Trinajstić information content (AvgIpc) is 2.86. The number of nitrogens with zero attached hydrogens (tertiary/aromatic N) is 2. The summed E-state index contributed by atoms with van der Waals surface area (Å²) in [6, 6.07) is 3.24. The summed E-state index contributed by atoms with van der Waals surface area (Å²) in [5, 5.41) is 23.7. The largest absolute Gasteiger partial charge is 0.476 e. The van der Waals surface area contributed by atoms with Crippen molar-refractivity contribution in [3.05, 3.63) is 50.2 Å². The number of halogens is 1. The van der Waals surface area contributed by atoms with Crippen LogP contribution in [0.2, 0.25) is 0 Å². The van der Waals surface area contributed by atoms with E-state index >= 15 is 0 Å². The van der Waals surface area contributed by atoms with Crippen LogP contribution in [-0.4, -0.2) is 21.0 Å². The number of carboxylic acid groups (broad SMARTS) is 1. The van der Waals surface area contributed by atoms with Gasteiger partial charge >= 0.3 is 5.97 Å². The molecule has 104 valence electrons. The molecular weight excluding hydrogens is 289 g/mol. The Morgan fingerprint density at radius 1 is 1.55 bits per heavy atom. The molecule has 0 saturated carbocycles. The Bertz CT molecular complexity index is 673. The molecule has 0 fully saturated rings. The van der Waals surface area contributed by atoms with Crippen molar-refractivity contribution >= 4 is 28.7 Å². The second kappa shape index (κ2) is 5.61. The fourth-order valence-electron chi connectivity index (χ4n) is 1.42. The second-order valence-electron chi connectivity index (χ2n) is 3.71. The highest BCUT2D eigenvalue weighted by molar-refractivity contribution is 7.09. The molecule has 0 saturated heterocycles. The third-order valence-electron chi connectivity index (χ3n) is 2.36. The topological polar surface area (TPSA) is 105 Å². The maximum absolute atomic E-state index is 13.6. The quantitative estimate of drug-likeness (QED) is 0.649. The zero-order chi connectivity index (χ0) is 14.7. The minimum absolute atomic E-state index is 0.0732. The van der Waals surface area contributed by atoms with Gasteiger partial charge in [0, 0.05) is 11.4 Å². The summed E-state index contributed by atoms with van der Waals surface area (Å²) in [6.07, 6.45) is 0. The number of carboxylic acids is 1. The predicted molar refractivity (Wildman–Crippen MR) is 69.5 cm³/mol. The van der Waals surface area contributed by atoms with Crippen LogP contribution in [0.25, 0.3) is 0 Å². The number of nitrogens with one attached hydrogen (secondary N) is 1. The highest BCUT2D eigenvalue weighted by Gasteiger charge is 2.12. The number of hydrogen-bond acceptors (Lipinski definition) is 6. The first-order chi connectivity index (χ1) is 9.47. The SMILES string of the molecule is O=C(O)c1csc(CNc2ccc([N+](=O)[O-])cc2F)n1. The van der Waals surface area contributed by atoms with Crippen LogP contribution >= 0.6 is 11.3 Å². The van der Waals surface area contributed by atoms with Crippen molar-refractivity contribution in [3.63, 3.8) is 0 Å². The van der Waals surface area contributed by atoms with Gasteiger partial charge in [-0.3, -0.25) is 10.1 Å². The van der Waals surface area contributed by atoms with Crippen LogP contribution in [0, 0.1) is 15.9 Å². The van der Waals surface area contributed by atoms with Crippen molar-refractivity contribution in [2.75, 3.05) is 5.32 Å². The molecule has 2 rings (SSSR count). The highest BCUT2D eigenvalue weighted by Crippen LogP contribution is 2.21. The Labute approximate surface area is 115 Å². The van der Waals surface area contributed by atoms with Crippen LogP contribution in [-0.2, 0) is 6.54 Å². The van der Waals surface area contributed by atoms with E-state index in [2.05, 4.69) is 10.3 Å². The molecule has 0 unspecified atom stereocenters. The Morgan fingerprint density at radius 3 is 2.85 bits per heavy atom. The van der Waals surface area contributed by atoms with E-state index in [9.17, 15) is 19.3 Å². The van der Waals surface area contributed by atoms with Crippen LogP contribution in [0.4, 0.5) is 15.8 Å². The summed E-state index contributed by atoms with van der Waals surface area (Å²) in [5.74, 6) is -1.89. The fourth-order valence-corrected chi connectivity index (χ4v) is 2.13. The van der Waals surface area contributed by atoms with E-state index in [0.717, 1.165) is 17.4 Å². The van der Waals surface area contributed by atoms with Crippen LogP contribution < -0.4 is 5.32 Å². The van der Waals surface area contributed by atoms with Crippen LogP contribution in [0.1, 0.15) is 15.5 Å². The molecule has 0 spiro atoms. The van der Waals surface area contributed by atoms with Gasteiger partial charge in [0.25, 0.3) is 5.69 Å². The summed E-state index contributed by atoms with van der Waals surface area (Å²) in [7, 11) is 0. The van der Waals surface area contributed by atoms with Gasteiger partial charge in [0.05, 0.1) is 23.2 Å². The number of thiazole rings is 1. The number of nitro groups is 1. The molecule has 0 aliphatic heterocycles. The third-order valence-corrected chi connectivity index (χ3v) is 3.21. The first-order valence-corrected chi connectivity index (χ1v) is 6.21. The Morgan fingerprint density at radius 2 is 2.30 bits per heavy atom. The van der Waals surface area contributed by atoms with Gasteiger partial charge in [-0.15, -0.1) is 11.3 Å². The van der Waals surface area contributed by atoms with Crippen molar-refractivity contribution in [2.24, 2.45) is 0 Å². The van der Waals surface area contributed by atoms with Crippen molar-refractivity contribution in [1.29, 1.82) is 0 Å². The van der Waals surface area contributed by atoms with Crippen molar-refractivity contribution in [1.82, 2.24) is 4.98 Å².